The zero-order chi connectivity index (χ0) is 22.0. The van der Waals surface area contributed by atoms with Crippen LogP contribution in [0.2, 0.25) is 0 Å². The minimum Gasteiger partial charge on any atom is -0.480 e. The molecule has 0 aromatic heterocycles. The van der Waals surface area contributed by atoms with Gasteiger partial charge in [-0.3, -0.25) is 9.59 Å². The van der Waals surface area contributed by atoms with Crippen molar-refractivity contribution in [3.05, 3.63) is 59.2 Å². The van der Waals surface area contributed by atoms with Crippen LogP contribution in [-0.4, -0.2) is 22.8 Å². The predicted molar refractivity (Wildman–Crippen MR) is 112 cm³/mol. The highest BCUT2D eigenvalue weighted by Crippen LogP contribution is 2.31. The van der Waals surface area contributed by atoms with Gasteiger partial charge in [-0.25, -0.2) is 8.78 Å². The molecule has 1 fully saturated rings. The van der Waals surface area contributed by atoms with E-state index >= 15 is 0 Å². The molecule has 5 nitrogen and oxygen atoms in total. The third kappa shape index (κ3) is 4.86. The first-order valence-corrected chi connectivity index (χ1v) is 10.8. The molecule has 164 valence electrons. The second-order valence-corrected chi connectivity index (χ2v) is 8.28. The number of fused-ring (bicyclic) bond motifs is 1. The van der Waals surface area contributed by atoms with Gasteiger partial charge < -0.3 is 15.0 Å². The smallest absolute Gasteiger partial charge is 0.264 e. The third-order valence-corrected chi connectivity index (χ3v) is 5.94. The highest BCUT2D eigenvalue weighted by atomic mass is 19.1. The monoisotopic (exact) mass is 428 g/mol. The van der Waals surface area contributed by atoms with Crippen molar-refractivity contribution >= 4 is 17.5 Å². The Bertz CT molecular complexity index is 969. The molecule has 1 aliphatic carbocycles. The van der Waals surface area contributed by atoms with Gasteiger partial charge in [0.2, 0.25) is 5.91 Å². The summed E-state index contributed by atoms with van der Waals surface area (Å²) >= 11 is 0. The van der Waals surface area contributed by atoms with Gasteiger partial charge in [0.05, 0.1) is 0 Å². The second kappa shape index (κ2) is 9.04. The van der Waals surface area contributed by atoms with Crippen LogP contribution in [0.5, 0.6) is 5.75 Å². The number of nitrogens with zero attached hydrogens (tertiary/aromatic N) is 1. The summed E-state index contributed by atoms with van der Waals surface area (Å²) in [6.07, 6.45) is 3.75. The SMILES string of the molecule is CC[C@@H]1Oc2ccc(NC(=O)C3CCCC3)cc2CN(Cc2cc(F)cc(F)c2)C1=O. The summed E-state index contributed by atoms with van der Waals surface area (Å²) in [7, 11) is 0. The topological polar surface area (TPSA) is 58.6 Å². The van der Waals surface area contributed by atoms with Crippen LogP contribution in [-0.2, 0) is 22.7 Å². The Hall–Kier alpha value is -2.96. The molecule has 2 aromatic carbocycles. The van der Waals surface area contributed by atoms with Crippen molar-refractivity contribution in [1.29, 1.82) is 0 Å². The lowest BCUT2D eigenvalue weighted by molar-refractivity contribution is -0.139. The summed E-state index contributed by atoms with van der Waals surface area (Å²) in [5, 5.41) is 2.97. The zero-order valence-corrected chi connectivity index (χ0v) is 17.5. The molecule has 1 saturated carbocycles. The number of anilines is 1. The summed E-state index contributed by atoms with van der Waals surface area (Å²) < 4.78 is 33.2. The largest absolute Gasteiger partial charge is 0.480 e. The first kappa shape index (κ1) is 21.3. The van der Waals surface area contributed by atoms with E-state index < -0.39 is 17.7 Å². The van der Waals surface area contributed by atoms with E-state index in [0.717, 1.165) is 37.3 Å². The molecule has 2 aromatic rings. The maximum absolute atomic E-state index is 13.6. The lowest BCUT2D eigenvalue weighted by atomic mass is 10.1. The van der Waals surface area contributed by atoms with Crippen LogP contribution >= 0.6 is 0 Å². The van der Waals surface area contributed by atoms with Crippen molar-refractivity contribution in [3.63, 3.8) is 0 Å². The lowest BCUT2D eigenvalue weighted by Gasteiger charge is -2.23. The minimum atomic E-state index is -0.683. The molecule has 0 spiro atoms. The maximum atomic E-state index is 13.6. The standard InChI is InChI=1S/C24H26F2N2O3/c1-2-21-24(30)28(13-15-9-18(25)12-19(26)10-15)14-17-11-20(7-8-22(17)31-21)27-23(29)16-5-3-4-6-16/h7-12,16,21H,2-6,13-14H2,1H3,(H,27,29)/t21-/m0/s1. The van der Waals surface area contributed by atoms with Gasteiger partial charge in [0, 0.05) is 36.3 Å². The molecule has 0 radical (unpaired) electrons. The summed E-state index contributed by atoms with van der Waals surface area (Å²) in [6.45, 7) is 2.13. The first-order valence-electron chi connectivity index (χ1n) is 10.8. The van der Waals surface area contributed by atoms with Crippen LogP contribution in [0.1, 0.15) is 50.2 Å². The van der Waals surface area contributed by atoms with Crippen molar-refractivity contribution in [2.75, 3.05) is 5.32 Å². The van der Waals surface area contributed by atoms with Gasteiger partial charge in [-0.05, 0) is 55.2 Å². The number of rotatable bonds is 5. The van der Waals surface area contributed by atoms with Crippen LogP contribution in [0, 0.1) is 17.6 Å². The van der Waals surface area contributed by atoms with E-state index in [1.54, 1.807) is 12.1 Å². The second-order valence-electron chi connectivity index (χ2n) is 8.28. The van der Waals surface area contributed by atoms with Gasteiger partial charge in [-0.15, -0.1) is 0 Å². The summed E-state index contributed by atoms with van der Waals surface area (Å²) in [6, 6.07) is 8.61. The van der Waals surface area contributed by atoms with Crippen LogP contribution < -0.4 is 10.1 Å². The van der Waals surface area contributed by atoms with Crippen molar-refractivity contribution in [1.82, 2.24) is 4.90 Å². The molecule has 0 bridgehead atoms. The Morgan fingerprint density at radius 2 is 1.84 bits per heavy atom. The Morgan fingerprint density at radius 3 is 2.52 bits per heavy atom. The molecule has 1 heterocycles. The molecule has 0 saturated heterocycles. The molecule has 31 heavy (non-hydrogen) atoms. The van der Waals surface area contributed by atoms with Crippen molar-refractivity contribution < 1.29 is 23.1 Å². The molecule has 0 unspecified atom stereocenters. The third-order valence-electron chi connectivity index (χ3n) is 5.94. The van der Waals surface area contributed by atoms with Gasteiger partial charge in [-0.2, -0.15) is 0 Å². The molecule has 2 aliphatic rings. The Kier molecular flexibility index (Phi) is 6.20. The molecule has 1 N–H and O–H groups in total. The Labute approximate surface area is 180 Å². The zero-order valence-electron chi connectivity index (χ0n) is 17.5. The summed E-state index contributed by atoms with van der Waals surface area (Å²) in [5.41, 5.74) is 1.76. The van der Waals surface area contributed by atoms with E-state index in [9.17, 15) is 18.4 Å². The Balaban J connectivity index is 1.58. The minimum absolute atomic E-state index is 0.0154. The van der Waals surface area contributed by atoms with Crippen molar-refractivity contribution in [3.8, 4) is 5.75 Å². The average Bonchev–Trinajstić information content (AvgIpc) is 3.22. The molecular formula is C24H26F2N2O3. The van der Waals surface area contributed by atoms with Gasteiger partial charge in [0.1, 0.15) is 17.4 Å². The van der Waals surface area contributed by atoms with Gasteiger partial charge in [0.25, 0.3) is 5.91 Å². The van der Waals surface area contributed by atoms with Crippen molar-refractivity contribution in [2.24, 2.45) is 5.92 Å². The van der Waals surface area contributed by atoms with E-state index in [4.69, 9.17) is 4.74 Å². The molecular weight excluding hydrogens is 402 g/mol. The number of benzene rings is 2. The number of carbonyl (C=O) groups is 2. The first-order chi connectivity index (χ1) is 14.9. The van der Waals surface area contributed by atoms with Crippen LogP contribution in [0.4, 0.5) is 14.5 Å². The van der Waals surface area contributed by atoms with E-state index in [1.165, 1.54) is 17.0 Å². The lowest BCUT2D eigenvalue weighted by Crippen LogP contribution is -2.38. The number of hydrogen-bond donors (Lipinski definition) is 1. The number of hydrogen-bond acceptors (Lipinski definition) is 3. The number of amides is 2. The number of ether oxygens (including phenoxy) is 1. The van der Waals surface area contributed by atoms with Crippen LogP contribution in [0.3, 0.4) is 0 Å². The highest BCUT2D eigenvalue weighted by Gasteiger charge is 2.30. The molecule has 1 atom stereocenters. The van der Waals surface area contributed by atoms with Crippen LogP contribution in [0.25, 0.3) is 0 Å². The molecule has 7 heteroatoms. The quantitative estimate of drug-likeness (QED) is 0.745. The number of carbonyl (C=O) groups excluding carboxylic acids is 2. The van der Waals surface area contributed by atoms with Crippen LogP contribution in [0.15, 0.2) is 36.4 Å². The molecule has 2 amide bonds. The highest BCUT2D eigenvalue weighted by molar-refractivity contribution is 5.93. The van der Waals surface area contributed by atoms with E-state index in [-0.39, 0.29) is 30.8 Å². The fraction of sp³-hybridized carbons (Fsp3) is 0.417. The fourth-order valence-corrected chi connectivity index (χ4v) is 4.33. The summed E-state index contributed by atoms with van der Waals surface area (Å²) in [4.78, 5) is 27.0. The average molecular weight is 428 g/mol. The normalized spacial score (nSPS) is 19.0. The maximum Gasteiger partial charge on any atom is 0.264 e. The Morgan fingerprint density at radius 1 is 1.13 bits per heavy atom. The van der Waals surface area contributed by atoms with Crippen molar-refractivity contribution in [2.45, 2.75) is 58.2 Å². The number of nitrogens with one attached hydrogen (secondary N) is 1. The van der Waals surface area contributed by atoms with Gasteiger partial charge >= 0.3 is 0 Å². The fourth-order valence-electron chi connectivity index (χ4n) is 4.33. The van der Waals surface area contributed by atoms with E-state index in [1.807, 2.05) is 13.0 Å². The molecule has 4 rings (SSSR count). The van der Waals surface area contributed by atoms with E-state index in [2.05, 4.69) is 5.32 Å². The predicted octanol–water partition coefficient (Wildman–Crippen LogP) is 4.79. The number of halogens is 2. The van der Waals surface area contributed by atoms with Gasteiger partial charge in [-0.1, -0.05) is 19.8 Å². The molecule has 1 aliphatic heterocycles. The summed E-state index contributed by atoms with van der Waals surface area (Å²) in [5.74, 6) is -0.968. The van der Waals surface area contributed by atoms with Gasteiger partial charge in [0.15, 0.2) is 6.10 Å². The van der Waals surface area contributed by atoms with E-state index in [0.29, 0.717) is 23.4 Å².